The molecule has 0 spiro atoms. The summed E-state index contributed by atoms with van der Waals surface area (Å²) in [5, 5.41) is 3.60. The smallest absolute Gasteiger partial charge is 0.0732 e. The molecule has 0 bridgehead atoms. The molecule has 1 atom stereocenters. The van der Waals surface area contributed by atoms with Crippen LogP contribution in [-0.4, -0.2) is 30.1 Å². The van der Waals surface area contributed by atoms with Crippen molar-refractivity contribution in [3.63, 3.8) is 0 Å². The van der Waals surface area contributed by atoms with Gasteiger partial charge >= 0.3 is 0 Å². The average Bonchev–Trinajstić information content (AvgIpc) is 3.24. The van der Waals surface area contributed by atoms with E-state index in [-0.39, 0.29) is 0 Å². The third kappa shape index (κ3) is 4.91. The van der Waals surface area contributed by atoms with Gasteiger partial charge in [-0.05, 0) is 43.4 Å². The number of nitrogens with zero attached hydrogens (tertiary/aromatic N) is 1. The first-order valence-corrected chi connectivity index (χ1v) is 10.3. The third-order valence-corrected chi connectivity index (χ3v) is 6.26. The predicted octanol–water partition coefficient (Wildman–Crippen LogP) is 4.10. The standard InChI is InChI=1S/C21H28N2OS/c1-16-18(11-21(25-16)12-22-19-7-8-19)15-24-20-9-10-23(14-20)13-17-5-3-2-4-6-17/h2-6,11,19-20,22H,7-10,12-15H2,1H3. The molecule has 1 unspecified atom stereocenters. The largest absolute Gasteiger partial charge is 0.372 e. The van der Waals surface area contributed by atoms with E-state index in [0.717, 1.165) is 45.2 Å². The molecule has 2 fully saturated rings. The number of likely N-dealkylation sites (tertiary alicyclic amines) is 1. The number of hydrogen-bond donors (Lipinski definition) is 1. The van der Waals surface area contributed by atoms with Crippen LogP contribution in [0.3, 0.4) is 0 Å². The van der Waals surface area contributed by atoms with Gasteiger partial charge in [-0.15, -0.1) is 11.3 Å². The van der Waals surface area contributed by atoms with Crippen molar-refractivity contribution in [3.05, 3.63) is 57.3 Å². The first-order valence-electron chi connectivity index (χ1n) is 9.46. The Morgan fingerprint density at radius 2 is 2.04 bits per heavy atom. The molecular weight excluding hydrogens is 328 g/mol. The zero-order valence-corrected chi connectivity index (χ0v) is 15.9. The van der Waals surface area contributed by atoms with E-state index < -0.39 is 0 Å². The van der Waals surface area contributed by atoms with Crippen LogP contribution in [0.15, 0.2) is 36.4 Å². The molecule has 4 rings (SSSR count). The SMILES string of the molecule is Cc1sc(CNC2CC2)cc1COC1CCN(Cc2ccccc2)C1. The van der Waals surface area contributed by atoms with E-state index >= 15 is 0 Å². The molecule has 0 radical (unpaired) electrons. The molecule has 2 heterocycles. The summed E-state index contributed by atoms with van der Waals surface area (Å²) in [6, 6.07) is 13.8. The van der Waals surface area contributed by atoms with Crippen LogP contribution in [0.25, 0.3) is 0 Å². The average molecular weight is 357 g/mol. The van der Waals surface area contributed by atoms with Crippen LogP contribution >= 0.6 is 11.3 Å². The summed E-state index contributed by atoms with van der Waals surface area (Å²) in [5.41, 5.74) is 2.77. The van der Waals surface area contributed by atoms with Crippen molar-refractivity contribution in [1.82, 2.24) is 10.2 Å². The maximum Gasteiger partial charge on any atom is 0.0732 e. The number of thiophene rings is 1. The summed E-state index contributed by atoms with van der Waals surface area (Å²) in [6.45, 7) is 7.22. The van der Waals surface area contributed by atoms with Gasteiger partial charge in [-0.25, -0.2) is 0 Å². The van der Waals surface area contributed by atoms with Gasteiger partial charge in [0.15, 0.2) is 0 Å². The Hall–Kier alpha value is -1.20. The lowest BCUT2D eigenvalue weighted by Crippen LogP contribution is -2.23. The summed E-state index contributed by atoms with van der Waals surface area (Å²) in [5.74, 6) is 0. The van der Waals surface area contributed by atoms with Gasteiger partial charge in [-0.1, -0.05) is 30.3 Å². The fraction of sp³-hybridized carbons (Fsp3) is 0.524. The normalized spacial score (nSPS) is 21.1. The second-order valence-corrected chi connectivity index (χ2v) is 8.73. The van der Waals surface area contributed by atoms with Crippen LogP contribution in [0.2, 0.25) is 0 Å². The van der Waals surface area contributed by atoms with E-state index in [0.29, 0.717) is 6.10 Å². The van der Waals surface area contributed by atoms with Gasteiger partial charge in [-0.3, -0.25) is 4.90 Å². The molecule has 134 valence electrons. The summed E-state index contributed by atoms with van der Waals surface area (Å²) in [7, 11) is 0. The lowest BCUT2D eigenvalue weighted by atomic mass is 10.2. The van der Waals surface area contributed by atoms with Crippen molar-refractivity contribution in [3.8, 4) is 0 Å². The van der Waals surface area contributed by atoms with Gasteiger partial charge in [0.2, 0.25) is 0 Å². The highest BCUT2D eigenvalue weighted by atomic mass is 32.1. The van der Waals surface area contributed by atoms with Crippen molar-refractivity contribution in [1.29, 1.82) is 0 Å². The molecule has 2 aromatic rings. The Labute approximate surface area is 155 Å². The van der Waals surface area contributed by atoms with Crippen molar-refractivity contribution >= 4 is 11.3 Å². The topological polar surface area (TPSA) is 24.5 Å². The van der Waals surface area contributed by atoms with Crippen molar-refractivity contribution in [2.24, 2.45) is 0 Å². The first-order chi connectivity index (χ1) is 12.3. The van der Waals surface area contributed by atoms with Gasteiger partial charge in [0, 0.05) is 42.0 Å². The van der Waals surface area contributed by atoms with Crippen LogP contribution in [0.4, 0.5) is 0 Å². The van der Waals surface area contributed by atoms with E-state index in [4.69, 9.17) is 4.74 Å². The molecule has 3 nitrogen and oxygen atoms in total. The van der Waals surface area contributed by atoms with Crippen molar-refractivity contribution in [2.75, 3.05) is 13.1 Å². The third-order valence-electron chi connectivity index (χ3n) is 5.17. The minimum Gasteiger partial charge on any atom is -0.372 e. The molecule has 25 heavy (non-hydrogen) atoms. The lowest BCUT2D eigenvalue weighted by molar-refractivity contribution is 0.0461. The highest BCUT2D eigenvalue weighted by Gasteiger charge is 2.24. The highest BCUT2D eigenvalue weighted by Crippen LogP contribution is 2.26. The molecule has 1 saturated carbocycles. The van der Waals surface area contributed by atoms with Crippen LogP contribution in [-0.2, 0) is 24.4 Å². The maximum atomic E-state index is 6.23. The fourth-order valence-corrected chi connectivity index (χ4v) is 4.48. The molecule has 1 saturated heterocycles. The summed E-state index contributed by atoms with van der Waals surface area (Å²) >= 11 is 1.92. The van der Waals surface area contributed by atoms with E-state index in [1.165, 1.54) is 33.7 Å². The molecule has 1 aliphatic carbocycles. The number of ether oxygens (including phenoxy) is 1. The molecular formula is C21H28N2OS. The van der Waals surface area contributed by atoms with E-state index in [9.17, 15) is 0 Å². The number of benzene rings is 1. The second-order valence-electron chi connectivity index (χ2n) is 7.39. The lowest BCUT2D eigenvalue weighted by Gasteiger charge is -2.16. The summed E-state index contributed by atoms with van der Waals surface area (Å²) < 4.78 is 6.23. The Morgan fingerprint density at radius 3 is 2.84 bits per heavy atom. The molecule has 1 aliphatic heterocycles. The zero-order chi connectivity index (χ0) is 17.1. The van der Waals surface area contributed by atoms with Gasteiger partial charge in [0.05, 0.1) is 12.7 Å². The molecule has 1 aromatic carbocycles. The van der Waals surface area contributed by atoms with Gasteiger partial charge in [0.1, 0.15) is 0 Å². The van der Waals surface area contributed by atoms with E-state index in [1.807, 2.05) is 11.3 Å². The molecule has 0 amide bonds. The van der Waals surface area contributed by atoms with Crippen molar-refractivity contribution < 1.29 is 4.74 Å². The van der Waals surface area contributed by atoms with Crippen LogP contribution in [0.1, 0.15) is 40.1 Å². The summed E-state index contributed by atoms with van der Waals surface area (Å²) in [6.07, 6.45) is 4.21. The molecule has 4 heteroatoms. The number of hydrogen-bond acceptors (Lipinski definition) is 4. The van der Waals surface area contributed by atoms with Crippen molar-refractivity contribution in [2.45, 2.75) is 58.0 Å². The monoisotopic (exact) mass is 356 g/mol. The van der Waals surface area contributed by atoms with Crippen LogP contribution in [0.5, 0.6) is 0 Å². The first kappa shape index (κ1) is 17.2. The van der Waals surface area contributed by atoms with Crippen LogP contribution < -0.4 is 5.32 Å². The number of aryl methyl sites for hydroxylation is 1. The Morgan fingerprint density at radius 1 is 1.20 bits per heavy atom. The number of nitrogens with one attached hydrogen (secondary N) is 1. The van der Waals surface area contributed by atoms with Gasteiger partial charge < -0.3 is 10.1 Å². The quantitative estimate of drug-likeness (QED) is 0.771. The zero-order valence-electron chi connectivity index (χ0n) is 15.0. The van der Waals surface area contributed by atoms with E-state index in [2.05, 4.69) is 53.5 Å². The van der Waals surface area contributed by atoms with Gasteiger partial charge in [-0.2, -0.15) is 0 Å². The Bertz CT molecular complexity index is 680. The summed E-state index contributed by atoms with van der Waals surface area (Å²) in [4.78, 5) is 5.36. The molecule has 1 aromatic heterocycles. The predicted molar refractivity (Wildman–Crippen MR) is 104 cm³/mol. The number of rotatable bonds is 8. The minimum absolute atomic E-state index is 0.371. The molecule has 1 N–H and O–H groups in total. The maximum absolute atomic E-state index is 6.23. The van der Waals surface area contributed by atoms with Crippen LogP contribution in [0, 0.1) is 6.92 Å². The van der Waals surface area contributed by atoms with Gasteiger partial charge in [0.25, 0.3) is 0 Å². The Balaban J connectivity index is 1.23. The fourth-order valence-electron chi connectivity index (χ4n) is 3.48. The highest BCUT2D eigenvalue weighted by molar-refractivity contribution is 7.12. The molecule has 2 aliphatic rings. The minimum atomic E-state index is 0.371. The van der Waals surface area contributed by atoms with E-state index in [1.54, 1.807) is 0 Å². The second kappa shape index (κ2) is 8.00. The Kier molecular flexibility index (Phi) is 5.51.